The maximum atomic E-state index is 13.6. The molecule has 0 amide bonds. The number of ketones is 1. The molecule has 8 nitrogen and oxygen atoms in total. The molecular formula is C45H78O8. The molecule has 0 heterocycles. The molecule has 306 valence electrons. The zero-order chi connectivity index (χ0) is 39.1. The molecule has 0 aromatic rings. The number of esters is 1. The third kappa shape index (κ3) is 10.4. The van der Waals surface area contributed by atoms with E-state index in [1.807, 2.05) is 13.8 Å². The molecule has 0 aliphatic heterocycles. The van der Waals surface area contributed by atoms with Gasteiger partial charge >= 0.3 is 5.97 Å². The summed E-state index contributed by atoms with van der Waals surface area (Å²) in [4.78, 5) is 26.9. The lowest BCUT2D eigenvalue weighted by Gasteiger charge is -2.60. The van der Waals surface area contributed by atoms with Crippen LogP contribution in [0.2, 0.25) is 0 Å². The van der Waals surface area contributed by atoms with Gasteiger partial charge in [-0.2, -0.15) is 0 Å². The van der Waals surface area contributed by atoms with Crippen molar-refractivity contribution in [1.82, 2.24) is 0 Å². The average Bonchev–Trinajstić information content (AvgIpc) is 3.37. The first-order valence-corrected chi connectivity index (χ1v) is 21.9. The van der Waals surface area contributed by atoms with Crippen molar-refractivity contribution < 1.29 is 39.9 Å². The van der Waals surface area contributed by atoms with Crippen LogP contribution < -0.4 is 0 Å². The first kappa shape index (κ1) is 44.4. The molecule has 0 aromatic heterocycles. The Morgan fingerprint density at radius 2 is 1.38 bits per heavy atom. The molecule has 0 aromatic carbocycles. The predicted molar refractivity (Wildman–Crippen MR) is 210 cm³/mol. The molecule has 0 radical (unpaired) electrons. The fraction of sp³-hybridized carbons (Fsp3) is 0.911. The van der Waals surface area contributed by atoms with Crippen molar-refractivity contribution in [3.63, 3.8) is 0 Å². The summed E-state index contributed by atoms with van der Waals surface area (Å²) in [6.07, 6.45) is 21.2. The molecule has 53 heavy (non-hydrogen) atoms. The fourth-order valence-corrected chi connectivity index (χ4v) is 11.3. The molecule has 0 bridgehead atoms. The minimum absolute atomic E-state index is 0.103. The Balaban J connectivity index is 1.32. The van der Waals surface area contributed by atoms with Gasteiger partial charge < -0.3 is 30.3 Å². The normalized spacial score (nSPS) is 34.4. The first-order chi connectivity index (χ1) is 24.9. The summed E-state index contributed by atoms with van der Waals surface area (Å²) in [5.74, 6) is -1.38. The third-order valence-electron chi connectivity index (χ3n) is 14.8. The van der Waals surface area contributed by atoms with Gasteiger partial charge in [-0.25, -0.2) is 0 Å². The molecule has 10 atom stereocenters. The van der Waals surface area contributed by atoms with E-state index in [-0.39, 0.29) is 36.9 Å². The molecule has 0 spiro atoms. The van der Waals surface area contributed by atoms with Gasteiger partial charge in [-0.05, 0) is 107 Å². The number of aliphatic hydroxyl groups is 5. The summed E-state index contributed by atoms with van der Waals surface area (Å²) >= 11 is 0. The molecule has 3 saturated carbocycles. The highest BCUT2D eigenvalue weighted by molar-refractivity contribution is 5.95. The summed E-state index contributed by atoms with van der Waals surface area (Å²) in [5, 5.41) is 56.9. The van der Waals surface area contributed by atoms with E-state index >= 15 is 0 Å². The Hall–Kier alpha value is -1.32. The molecular weight excluding hydrogens is 668 g/mol. The van der Waals surface area contributed by atoms with Crippen molar-refractivity contribution in [2.45, 2.75) is 231 Å². The van der Waals surface area contributed by atoms with Crippen LogP contribution in [0.1, 0.15) is 196 Å². The van der Waals surface area contributed by atoms with E-state index in [9.17, 15) is 35.1 Å². The van der Waals surface area contributed by atoms with Crippen molar-refractivity contribution >= 4 is 11.8 Å². The number of rotatable bonds is 22. The number of unbranched alkanes of at least 4 members (excludes halogenated alkanes) is 14. The van der Waals surface area contributed by atoms with E-state index in [4.69, 9.17) is 4.74 Å². The Bertz CT molecular complexity index is 1220. The number of hydrogen-bond acceptors (Lipinski definition) is 8. The Kier molecular flexibility index (Phi) is 15.7. The summed E-state index contributed by atoms with van der Waals surface area (Å²) in [5.41, 5.74) is -4.50. The number of carbonyl (C=O) groups excluding carboxylic acids is 2. The van der Waals surface area contributed by atoms with Crippen LogP contribution in [0.3, 0.4) is 0 Å². The molecule has 3 fully saturated rings. The summed E-state index contributed by atoms with van der Waals surface area (Å²) in [6.45, 7) is 11.5. The maximum absolute atomic E-state index is 13.6. The van der Waals surface area contributed by atoms with Gasteiger partial charge in [-0.1, -0.05) is 111 Å². The highest BCUT2D eigenvalue weighted by Crippen LogP contribution is 2.68. The number of hydrogen-bond donors (Lipinski definition) is 5. The lowest BCUT2D eigenvalue weighted by Crippen LogP contribution is -2.63. The second-order valence-electron chi connectivity index (χ2n) is 19.4. The van der Waals surface area contributed by atoms with Crippen LogP contribution in [-0.2, 0) is 14.3 Å². The van der Waals surface area contributed by atoms with Crippen molar-refractivity contribution in [2.75, 3.05) is 0 Å². The van der Waals surface area contributed by atoms with Gasteiger partial charge in [0.1, 0.15) is 11.7 Å². The molecule has 0 saturated heterocycles. The topological polar surface area (TPSA) is 145 Å². The van der Waals surface area contributed by atoms with Gasteiger partial charge in [0.25, 0.3) is 0 Å². The van der Waals surface area contributed by atoms with Gasteiger partial charge in [-0.3, -0.25) is 9.59 Å². The number of fused-ring (bicyclic) bond motifs is 5. The van der Waals surface area contributed by atoms with Crippen molar-refractivity contribution in [2.24, 2.45) is 28.6 Å². The van der Waals surface area contributed by atoms with Crippen LogP contribution in [0, 0.1) is 28.6 Å². The van der Waals surface area contributed by atoms with Crippen molar-refractivity contribution in [3.8, 4) is 0 Å². The van der Waals surface area contributed by atoms with Crippen molar-refractivity contribution in [1.29, 1.82) is 0 Å². The molecule has 5 N–H and O–H groups in total. The highest BCUT2D eigenvalue weighted by Gasteiger charge is 2.69. The van der Waals surface area contributed by atoms with E-state index in [1.54, 1.807) is 26.8 Å². The van der Waals surface area contributed by atoms with E-state index in [0.29, 0.717) is 44.1 Å². The third-order valence-corrected chi connectivity index (χ3v) is 14.8. The van der Waals surface area contributed by atoms with Crippen LogP contribution in [0.15, 0.2) is 11.6 Å². The smallest absolute Gasteiger partial charge is 0.306 e. The zero-order valence-electron chi connectivity index (χ0n) is 34.5. The SMILES string of the molecule is CCCCCCCCCCCCCCCCCC(=O)OC(CCC(C)(C)O)[C@](C)(O)[C@H]1CC[C@@]2(O)C3=CC(=O)C4C[C@@H](O)[C@@H](O)C[C@]4(C)C3CC[C@]12C. The monoisotopic (exact) mass is 747 g/mol. The highest BCUT2D eigenvalue weighted by atomic mass is 16.6. The van der Waals surface area contributed by atoms with Gasteiger partial charge in [0.05, 0.1) is 23.4 Å². The number of ether oxygens (including phenoxy) is 1. The van der Waals surface area contributed by atoms with Crippen LogP contribution in [-0.4, -0.2) is 72.4 Å². The van der Waals surface area contributed by atoms with E-state index in [1.165, 1.54) is 77.0 Å². The Morgan fingerprint density at radius 3 is 1.92 bits per heavy atom. The van der Waals surface area contributed by atoms with E-state index in [0.717, 1.165) is 19.3 Å². The van der Waals surface area contributed by atoms with Gasteiger partial charge in [-0.15, -0.1) is 0 Å². The lowest BCUT2D eigenvalue weighted by atomic mass is 9.45. The summed E-state index contributed by atoms with van der Waals surface area (Å²) < 4.78 is 6.13. The Labute approximate surface area is 321 Å². The maximum Gasteiger partial charge on any atom is 0.306 e. The minimum Gasteiger partial charge on any atom is -0.459 e. The standard InChI is InChI=1S/C45H78O8/c1-7-8-9-10-11-12-13-14-15-16-17-18-19-20-21-22-40(49)53-39(25-26-41(2,3)50)44(6,51)38-24-28-45(52)33-29-35(46)34-30-36(47)37(48)31-42(34,4)32(33)23-27-43(38,45)5/h29,32,34,36-39,47-48,50-52H,7-28,30-31H2,1-6H3/t32?,34?,36-,37+,38+,39?,42-,43-,44-,45-/m1/s1. The molecule has 4 rings (SSSR count). The largest absolute Gasteiger partial charge is 0.459 e. The quantitative estimate of drug-likeness (QED) is 0.0547. The Morgan fingerprint density at radius 1 is 0.830 bits per heavy atom. The van der Waals surface area contributed by atoms with Crippen molar-refractivity contribution in [3.05, 3.63) is 11.6 Å². The number of allylic oxidation sites excluding steroid dienone is 1. The first-order valence-electron chi connectivity index (χ1n) is 21.9. The van der Waals surface area contributed by atoms with Crippen LogP contribution in [0.25, 0.3) is 0 Å². The minimum atomic E-state index is -1.49. The molecule has 3 unspecified atom stereocenters. The zero-order valence-corrected chi connectivity index (χ0v) is 34.5. The van der Waals surface area contributed by atoms with Crippen LogP contribution >= 0.6 is 0 Å². The van der Waals surface area contributed by atoms with Crippen LogP contribution in [0.5, 0.6) is 0 Å². The number of carbonyl (C=O) groups is 2. The second kappa shape index (κ2) is 18.7. The number of aliphatic hydroxyl groups excluding tert-OH is 2. The van der Waals surface area contributed by atoms with Crippen LogP contribution in [0.4, 0.5) is 0 Å². The second-order valence-corrected chi connectivity index (χ2v) is 19.4. The molecule has 4 aliphatic rings. The van der Waals surface area contributed by atoms with Gasteiger partial charge in [0.15, 0.2) is 5.78 Å². The lowest BCUT2D eigenvalue weighted by molar-refractivity contribution is -0.194. The average molecular weight is 747 g/mol. The van der Waals surface area contributed by atoms with E-state index < -0.39 is 57.8 Å². The summed E-state index contributed by atoms with van der Waals surface area (Å²) in [7, 11) is 0. The predicted octanol–water partition coefficient (Wildman–Crippen LogP) is 8.67. The van der Waals surface area contributed by atoms with Gasteiger partial charge in [0.2, 0.25) is 0 Å². The molecule has 4 aliphatic carbocycles. The van der Waals surface area contributed by atoms with E-state index in [2.05, 4.69) is 6.92 Å². The summed E-state index contributed by atoms with van der Waals surface area (Å²) in [6, 6.07) is 0. The fourth-order valence-electron chi connectivity index (χ4n) is 11.3. The molecule has 8 heteroatoms. The van der Waals surface area contributed by atoms with Gasteiger partial charge in [0, 0.05) is 17.8 Å².